The van der Waals surface area contributed by atoms with E-state index >= 15 is 0 Å². The molecule has 5 aromatic heterocycles. The molecule has 488 valence electrons. The second-order valence-corrected chi connectivity index (χ2v) is 28.5. The zero-order valence-electron chi connectivity index (χ0n) is 56.5. The maximum atomic E-state index is 6.87. The van der Waals surface area contributed by atoms with Gasteiger partial charge in [-0.2, -0.15) is 0 Å². The number of furan rings is 4. The maximum Gasteiger partial charge on any atom is 0.143 e. The van der Waals surface area contributed by atoms with Crippen molar-refractivity contribution in [2.45, 2.75) is 0 Å². The van der Waals surface area contributed by atoms with Gasteiger partial charge in [-0.1, -0.05) is 273 Å². The van der Waals surface area contributed by atoms with Crippen molar-refractivity contribution in [2.24, 2.45) is 0 Å². The summed E-state index contributed by atoms with van der Waals surface area (Å²) < 4.78 is 28.8. The Hall–Kier alpha value is -13.6. The first-order valence-corrected chi connectivity index (χ1v) is 36.6. The molecule has 0 fully saturated rings. The van der Waals surface area contributed by atoms with Gasteiger partial charge >= 0.3 is 0 Å². The lowest BCUT2D eigenvalue weighted by Gasteiger charge is -2.19. The molecule has 23 aromatic rings. The Balaban J connectivity index is 0.000000132. The topological polar surface area (TPSA) is 52.6 Å². The van der Waals surface area contributed by atoms with E-state index < -0.39 is 0 Å². The van der Waals surface area contributed by atoms with E-state index in [1.54, 1.807) is 0 Å². The zero-order valence-corrected chi connectivity index (χ0v) is 57.3. The van der Waals surface area contributed by atoms with Gasteiger partial charge in [-0.05, 0) is 189 Å². The molecule has 105 heavy (non-hydrogen) atoms. The van der Waals surface area contributed by atoms with Crippen LogP contribution in [0.5, 0.6) is 0 Å². The van der Waals surface area contributed by atoms with E-state index in [4.69, 9.17) is 17.7 Å². The number of fused-ring (bicyclic) bond motifs is 19. The fraction of sp³-hybridized carbons (Fsp3) is 0. The molecule has 4 nitrogen and oxygen atoms in total. The minimum atomic E-state index is 0.882. The summed E-state index contributed by atoms with van der Waals surface area (Å²) in [6.45, 7) is 0. The lowest BCUT2D eigenvalue weighted by atomic mass is 9.84. The summed E-state index contributed by atoms with van der Waals surface area (Å²) in [7, 11) is 0. The van der Waals surface area contributed by atoms with Crippen LogP contribution in [0, 0.1) is 0 Å². The van der Waals surface area contributed by atoms with Crippen LogP contribution in [0.2, 0.25) is 0 Å². The minimum Gasteiger partial charge on any atom is -0.456 e. The van der Waals surface area contributed by atoms with Crippen molar-refractivity contribution < 1.29 is 17.7 Å². The molecular formula is C100H58O4S. The van der Waals surface area contributed by atoms with Gasteiger partial charge in [0.25, 0.3) is 0 Å². The van der Waals surface area contributed by atoms with Crippen LogP contribution < -0.4 is 0 Å². The summed E-state index contributed by atoms with van der Waals surface area (Å²) in [5.41, 5.74) is 23.6. The molecule has 0 bridgehead atoms. The smallest absolute Gasteiger partial charge is 0.143 e. The van der Waals surface area contributed by atoms with Gasteiger partial charge in [-0.25, -0.2) is 0 Å². The normalized spacial score (nSPS) is 12.0. The molecule has 0 radical (unpaired) electrons. The molecule has 0 aliphatic rings. The minimum absolute atomic E-state index is 0.882. The van der Waals surface area contributed by atoms with Gasteiger partial charge in [-0.15, -0.1) is 11.3 Å². The zero-order chi connectivity index (χ0) is 68.8. The van der Waals surface area contributed by atoms with Gasteiger partial charge in [0, 0.05) is 74.4 Å². The molecule has 0 amide bonds. The van der Waals surface area contributed by atoms with Gasteiger partial charge < -0.3 is 17.7 Å². The highest BCUT2D eigenvalue weighted by Gasteiger charge is 2.27. The Morgan fingerprint density at radius 3 is 1.01 bits per heavy atom. The number of thiophene rings is 1. The molecule has 5 heterocycles. The summed E-state index contributed by atoms with van der Waals surface area (Å²) in [5.74, 6) is 0. The Morgan fingerprint density at radius 1 is 0.162 bits per heavy atom. The van der Waals surface area contributed by atoms with E-state index in [2.05, 4.69) is 328 Å². The van der Waals surface area contributed by atoms with Crippen LogP contribution in [-0.2, 0) is 0 Å². The number of rotatable bonds is 7. The molecule has 0 atom stereocenters. The lowest BCUT2D eigenvalue weighted by molar-refractivity contribution is 0.668. The lowest BCUT2D eigenvalue weighted by Crippen LogP contribution is -1.92. The van der Waals surface area contributed by atoms with Crippen LogP contribution in [0.25, 0.3) is 229 Å². The molecule has 0 saturated carbocycles. The van der Waals surface area contributed by atoms with E-state index in [-0.39, 0.29) is 0 Å². The predicted octanol–water partition coefficient (Wildman–Crippen LogP) is 29.6. The summed E-state index contributed by atoms with van der Waals surface area (Å²) in [5, 5.41) is 21.3. The van der Waals surface area contributed by atoms with Crippen molar-refractivity contribution in [1.29, 1.82) is 0 Å². The summed E-state index contributed by atoms with van der Waals surface area (Å²) in [4.78, 5) is 0. The van der Waals surface area contributed by atoms with Gasteiger partial charge in [-0.3, -0.25) is 0 Å². The second kappa shape index (κ2) is 23.5. The quantitative estimate of drug-likeness (QED) is 0.149. The van der Waals surface area contributed by atoms with Crippen molar-refractivity contribution >= 4 is 162 Å². The number of hydrogen-bond acceptors (Lipinski definition) is 5. The van der Waals surface area contributed by atoms with Crippen LogP contribution in [0.1, 0.15) is 0 Å². The Labute approximate surface area is 605 Å². The third kappa shape index (κ3) is 9.19. The highest BCUT2D eigenvalue weighted by Crippen LogP contribution is 2.53. The highest BCUT2D eigenvalue weighted by molar-refractivity contribution is 7.25. The van der Waals surface area contributed by atoms with Crippen molar-refractivity contribution in [2.75, 3.05) is 0 Å². The van der Waals surface area contributed by atoms with Crippen LogP contribution >= 0.6 is 11.3 Å². The van der Waals surface area contributed by atoms with Crippen LogP contribution in [0.4, 0.5) is 0 Å². The van der Waals surface area contributed by atoms with E-state index in [9.17, 15) is 0 Å². The van der Waals surface area contributed by atoms with Crippen molar-refractivity contribution in [3.05, 3.63) is 352 Å². The van der Waals surface area contributed by atoms with E-state index in [1.165, 1.54) is 113 Å². The molecule has 0 unspecified atom stereocenters. The standard InChI is InChI=1S/C50H28O2S.C50H30O2/c1-3-15-36-34(13-1)47(30-22-26-46-41(28-30)33-12-7-10-20-45(33)53-46)35-14-2-4-16-37(35)48(36)39-24-23-31(50-49(39)38-17-6-9-19-43(38)52-50)29-21-25-44-40(27-29)32-11-5-8-18-42(32)51-44;1-2-14-31(15-3-1)33-16-4-5-17-34(33)40-27-28-42(49-41-23-11-13-25-45(41)52-50(40)49)48-38-21-8-6-19-36(38)47(37-20-7-9-22-39(37)48)32-26-29-46-43(30-32)35-18-10-12-24-44(35)51-46/h1-28H;1-30H. The number of hydrogen-bond donors (Lipinski definition) is 0. The Morgan fingerprint density at radius 2 is 0.495 bits per heavy atom. The molecular weight excluding hydrogens is 1300 g/mol. The van der Waals surface area contributed by atoms with Crippen molar-refractivity contribution in [1.82, 2.24) is 0 Å². The first-order chi connectivity index (χ1) is 52.1. The van der Waals surface area contributed by atoms with Crippen molar-refractivity contribution in [3.63, 3.8) is 0 Å². The largest absolute Gasteiger partial charge is 0.456 e. The molecule has 0 aliphatic carbocycles. The van der Waals surface area contributed by atoms with Gasteiger partial charge in [0.2, 0.25) is 0 Å². The predicted molar refractivity (Wildman–Crippen MR) is 443 cm³/mol. The third-order valence-corrected chi connectivity index (χ3v) is 22.9. The summed E-state index contributed by atoms with van der Waals surface area (Å²) in [6.07, 6.45) is 0. The van der Waals surface area contributed by atoms with E-state index in [1.807, 2.05) is 35.6 Å². The average Bonchev–Trinajstić information content (AvgIpc) is 1.49. The molecule has 0 N–H and O–H groups in total. The summed E-state index contributed by atoms with van der Waals surface area (Å²) in [6, 6.07) is 126. The Bertz CT molecular complexity index is 7430. The van der Waals surface area contributed by atoms with Gasteiger partial charge in [0.15, 0.2) is 0 Å². The first kappa shape index (κ1) is 59.1. The van der Waals surface area contributed by atoms with Crippen LogP contribution in [0.3, 0.4) is 0 Å². The fourth-order valence-electron chi connectivity index (χ4n) is 17.2. The van der Waals surface area contributed by atoms with Crippen LogP contribution in [0.15, 0.2) is 370 Å². The van der Waals surface area contributed by atoms with Gasteiger partial charge in [0.05, 0.1) is 0 Å². The van der Waals surface area contributed by atoms with Crippen LogP contribution in [-0.4, -0.2) is 0 Å². The van der Waals surface area contributed by atoms with E-state index in [0.717, 1.165) is 116 Å². The monoisotopic (exact) mass is 1350 g/mol. The highest BCUT2D eigenvalue weighted by atomic mass is 32.1. The second-order valence-electron chi connectivity index (χ2n) is 27.4. The maximum absolute atomic E-state index is 6.87. The molecule has 0 spiro atoms. The SMILES string of the molecule is c1ccc(-c2ccccc2-c2ccc(-c3c4ccccc4c(-c4ccc5oc6ccccc6c5c4)c4ccccc34)c3c2oc2ccccc23)cc1.c1ccc2c(c1)oc1ccc(-c3ccc(-c4c5ccccc5c(-c5ccc6sc7ccccc7c6c5)c5ccccc45)c4c3oc3ccccc34)cc12. The average molecular weight is 1360 g/mol. The molecule has 18 aromatic carbocycles. The van der Waals surface area contributed by atoms with E-state index in [0.29, 0.717) is 0 Å². The Kier molecular flexibility index (Phi) is 13.2. The third-order valence-electron chi connectivity index (χ3n) is 21.8. The number of para-hydroxylation sites is 4. The number of benzene rings is 18. The first-order valence-electron chi connectivity index (χ1n) is 35.8. The molecule has 0 aliphatic heterocycles. The van der Waals surface area contributed by atoms with Crippen molar-refractivity contribution in [3.8, 4) is 77.9 Å². The molecule has 0 saturated heterocycles. The fourth-order valence-corrected chi connectivity index (χ4v) is 18.3. The molecule has 23 rings (SSSR count). The summed E-state index contributed by atoms with van der Waals surface area (Å²) >= 11 is 1.86. The van der Waals surface area contributed by atoms with Gasteiger partial charge in [0.1, 0.15) is 44.7 Å². The molecule has 5 heteroatoms.